The average Bonchev–Trinajstić information content (AvgIpc) is 2.01. The molecule has 0 aromatic heterocycles. The maximum Gasteiger partial charge on any atom is 0.414 e. The second kappa shape index (κ2) is 6.01. The summed E-state index contributed by atoms with van der Waals surface area (Å²) in [6.45, 7) is 2.48. The van der Waals surface area contributed by atoms with Gasteiger partial charge in [0.2, 0.25) is 0 Å². The van der Waals surface area contributed by atoms with E-state index < -0.39 is 12.3 Å². The average molecular weight is 212 g/mol. The van der Waals surface area contributed by atoms with Gasteiger partial charge in [-0.3, -0.25) is 0 Å². The van der Waals surface area contributed by atoms with Crippen molar-refractivity contribution in [3.63, 3.8) is 0 Å². The molecule has 1 atom stereocenters. The summed E-state index contributed by atoms with van der Waals surface area (Å²) < 4.78 is 40.3. The molecule has 0 fully saturated rings. The smallest absolute Gasteiger partial charge is 0.369 e. The molecule has 0 N–H and O–H groups in total. The van der Waals surface area contributed by atoms with E-state index in [2.05, 4.69) is 4.74 Å². The summed E-state index contributed by atoms with van der Waals surface area (Å²) in [5, 5.41) is 0. The number of alkyl halides is 3. The van der Waals surface area contributed by atoms with Crippen LogP contribution in [0.1, 0.15) is 33.1 Å². The molecular weight excluding hydrogens is 197 g/mol. The third kappa shape index (κ3) is 6.88. The van der Waals surface area contributed by atoms with Crippen LogP contribution in [0.15, 0.2) is 0 Å². The molecule has 1 unspecified atom stereocenters. The molecule has 0 aliphatic carbocycles. The van der Waals surface area contributed by atoms with Gasteiger partial charge in [0, 0.05) is 13.0 Å². The topological polar surface area (TPSA) is 26.3 Å². The number of ketones is 1. The van der Waals surface area contributed by atoms with Crippen LogP contribution >= 0.6 is 0 Å². The third-order valence-electron chi connectivity index (χ3n) is 1.75. The van der Waals surface area contributed by atoms with Gasteiger partial charge in [-0.25, -0.2) is 0 Å². The Kier molecular flexibility index (Phi) is 5.76. The predicted octanol–water partition coefficient (Wildman–Crippen LogP) is 2.71. The van der Waals surface area contributed by atoms with Gasteiger partial charge in [-0.05, 0) is 26.7 Å². The number of Topliss-reactive ketones (excluding diaryl/α,β-unsaturated/α-hetero) is 1. The lowest BCUT2D eigenvalue weighted by Crippen LogP contribution is -2.28. The SMILES string of the molecule is CC(=O)CCCCOC(C)C(F)(F)F. The van der Waals surface area contributed by atoms with Crippen molar-refractivity contribution in [1.82, 2.24) is 0 Å². The Morgan fingerprint density at radius 1 is 1.36 bits per heavy atom. The van der Waals surface area contributed by atoms with Crippen LogP contribution in [0.4, 0.5) is 13.2 Å². The molecule has 0 saturated carbocycles. The van der Waals surface area contributed by atoms with Crippen LogP contribution < -0.4 is 0 Å². The first-order valence-corrected chi connectivity index (χ1v) is 4.52. The minimum atomic E-state index is -4.29. The first kappa shape index (κ1) is 13.4. The highest BCUT2D eigenvalue weighted by atomic mass is 19.4. The minimum absolute atomic E-state index is 0.0496. The summed E-state index contributed by atoms with van der Waals surface area (Å²) >= 11 is 0. The number of ether oxygens (including phenoxy) is 1. The molecule has 0 amide bonds. The van der Waals surface area contributed by atoms with Gasteiger partial charge in [-0.2, -0.15) is 13.2 Å². The highest BCUT2D eigenvalue weighted by molar-refractivity contribution is 5.75. The highest BCUT2D eigenvalue weighted by Gasteiger charge is 2.36. The largest absolute Gasteiger partial charge is 0.414 e. The summed E-state index contributed by atoms with van der Waals surface area (Å²) in [6, 6.07) is 0. The lowest BCUT2D eigenvalue weighted by Gasteiger charge is -2.15. The van der Waals surface area contributed by atoms with Crippen molar-refractivity contribution in [3.8, 4) is 0 Å². The molecule has 5 heteroatoms. The summed E-state index contributed by atoms with van der Waals surface area (Å²) in [7, 11) is 0. The van der Waals surface area contributed by atoms with E-state index in [1.54, 1.807) is 0 Å². The monoisotopic (exact) mass is 212 g/mol. The molecule has 0 radical (unpaired) electrons. The molecule has 0 spiro atoms. The molecule has 0 aliphatic heterocycles. The molecular formula is C9H15F3O2. The van der Waals surface area contributed by atoms with Gasteiger partial charge in [-0.1, -0.05) is 0 Å². The first-order valence-electron chi connectivity index (χ1n) is 4.52. The predicted molar refractivity (Wildman–Crippen MR) is 46.0 cm³/mol. The molecule has 0 rings (SSSR count). The van der Waals surface area contributed by atoms with Crippen LogP contribution in [0, 0.1) is 0 Å². The van der Waals surface area contributed by atoms with Crippen LogP contribution in [-0.2, 0) is 9.53 Å². The molecule has 0 heterocycles. The number of carbonyl (C=O) groups is 1. The lowest BCUT2D eigenvalue weighted by molar-refractivity contribution is -0.214. The molecule has 84 valence electrons. The molecule has 0 bridgehead atoms. The Morgan fingerprint density at radius 3 is 2.36 bits per heavy atom. The van der Waals surface area contributed by atoms with Gasteiger partial charge in [-0.15, -0.1) is 0 Å². The number of hydrogen-bond donors (Lipinski definition) is 0. The molecule has 0 saturated heterocycles. The Morgan fingerprint density at radius 2 is 1.93 bits per heavy atom. The van der Waals surface area contributed by atoms with Crippen LogP contribution in [0.25, 0.3) is 0 Å². The Hall–Kier alpha value is -0.580. The molecule has 0 aliphatic rings. The fourth-order valence-electron chi connectivity index (χ4n) is 0.831. The van der Waals surface area contributed by atoms with Crippen molar-refractivity contribution in [2.24, 2.45) is 0 Å². The first-order chi connectivity index (χ1) is 6.34. The van der Waals surface area contributed by atoms with Crippen molar-refractivity contribution >= 4 is 5.78 Å². The zero-order valence-corrected chi connectivity index (χ0v) is 8.36. The number of halogens is 3. The Bertz CT molecular complexity index is 177. The number of hydrogen-bond acceptors (Lipinski definition) is 2. The molecule has 2 nitrogen and oxygen atoms in total. The van der Waals surface area contributed by atoms with E-state index in [1.165, 1.54) is 6.92 Å². The van der Waals surface area contributed by atoms with Crippen molar-refractivity contribution < 1.29 is 22.7 Å². The van der Waals surface area contributed by atoms with E-state index in [1.807, 2.05) is 0 Å². The van der Waals surface area contributed by atoms with Crippen molar-refractivity contribution in [2.75, 3.05) is 6.61 Å². The van der Waals surface area contributed by atoms with E-state index in [0.29, 0.717) is 19.3 Å². The second-order valence-corrected chi connectivity index (χ2v) is 3.21. The van der Waals surface area contributed by atoms with Gasteiger partial charge < -0.3 is 9.53 Å². The minimum Gasteiger partial charge on any atom is -0.369 e. The van der Waals surface area contributed by atoms with E-state index >= 15 is 0 Å². The normalized spacial score (nSPS) is 14.1. The maximum atomic E-state index is 11.9. The lowest BCUT2D eigenvalue weighted by atomic mass is 10.2. The van der Waals surface area contributed by atoms with Gasteiger partial charge >= 0.3 is 6.18 Å². The van der Waals surface area contributed by atoms with Gasteiger partial charge in [0.05, 0.1) is 0 Å². The number of unbranched alkanes of at least 4 members (excludes halogenated alkanes) is 1. The highest BCUT2D eigenvalue weighted by Crippen LogP contribution is 2.22. The standard InChI is InChI=1S/C9H15F3O2/c1-7(13)5-3-4-6-14-8(2)9(10,11)12/h8H,3-6H2,1-2H3. The summed E-state index contributed by atoms with van der Waals surface area (Å²) in [5.41, 5.74) is 0. The Labute approximate surface area is 81.4 Å². The maximum absolute atomic E-state index is 11.9. The van der Waals surface area contributed by atoms with E-state index in [9.17, 15) is 18.0 Å². The summed E-state index contributed by atoms with van der Waals surface area (Å²) in [5.74, 6) is 0.0499. The zero-order valence-electron chi connectivity index (χ0n) is 8.36. The summed E-state index contributed by atoms with van der Waals surface area (Å²) in [4.78, 5) is 10.5. The second-order valence-electron chi connectivity index (χ2n) is 3.21. The van der Waals surface area contributed by atoms with Crippen LogP contribution in [-0.4, -0.2) is 24.7 Å². The fraction of sp³-hybridized carbons (Fsp3) is 0.889. The van der Waals surface area contributed by atoms with E-state index in [-0.39, 0.29) is 12.4 Å². The van der Waals surface area contributed by atoms with E-state index in [4.69, 9.17) is 0 Å². The van der Waals surface area contributed by atoms with Crippen molar-refractivity contribution in [2.45, 2.75) is 45.4 Å². The quantitative estimate of drug-likeness (QED) is 0.633. The summed E-state index contributed by atoms with van der Waals surface area (Å²) in [6.07, 6.45) is -4.54. The van der Waals surface area contributed by atoms with Gasteiger partial charge in [0.1, 0.15) is 5.78 Å². The van der Waals surface area contributed by atoms with Gasteiger partial charge in [0.25, 0.3) is 0 Å². The third-order valence-corrected chi connectivity index (χ3v) is 1.75. The van der Waals surface area contributed by atoms with Gasteiger partial charge in [0.15, 0.2) is 6.10 Å². The zero-order chi connectivity index (χ0) is 11.2. The Balaban J connectivity index is 3.41. The molecule has 0 aromatic carbocycles. The van der Waals surface area contributed by atoms with Crippen LogP contribution in [0.2, 0.25) is 0 Å². The van der Waals surface area contributed by atoms with E-state index in [0.717, 1.165) is 6.92 Å². The van der Waals surface area contributed by atoms with Crippen LogP contribution in [0.3, 0.4) is 0 Å². The van der Waals surface area contributed by atoms with Crippen molar-refractivity contribution in [1.29, 1.82) is 0 Å². The number of rotatable bonds is 6. The molecule has 14 heavy (non-hydrogen) atoms. The number of carbonyl (C=O) groups excluding carboxylic acids is 1. The van der Waals surface area contributed by atoms with Crippen LogP contribution in [0.5, 0.6) is 0 Å². The molecule has 0 aromatic rings. The van der Waals surface area contributed by atoms with Crippen molar-refractivity contribution in [3.05, 3.63) is 0 Å². The fourth-order valence-corrected chi connectivity index (χ4v) is 0.831.